The van der Waals surface area contributed by atoms with Crippen LogP contribution in [0.5, 0.6) is 23.0 Å². The third-order valence-electron chi connectivity index (χ3n) is 14.3. The van der Waals surface area contributed by atoms with Gasteiger partial charge in [0.15, 0.2) is 8.32 Å². The Balaban J connectivity index is 1.61. The predicted molar refractivity (Wildman–Crippen MR) is 254 cm³/mol. The minimum atomic E-state index is -2.20. The van der Waals surface area contributed by atoms with Gasteiger partial charge in [-0.1, -0.05) is 106 Å². The minimum absolute atomic E-state index is 0.0241. The second kappa shape index (κ2) is 17.7. The summed E-state index contributed by atoms with van der Waals surface area (Å²) in [7, 11) is 0.825. The third kappa shape index (κ3) is 8.63. The summed E-state index contributed by atoms with van der Waals surface area (Å²) in [6, 6.07) is 20.5. The number of carbonyl (C=O) groups excluding carboxylic acids is 1. The summed E-state index contributed by atoms with van der Waals surface area (Å²) in [4.78, 5) is 16.5. The van der Waals surface area contributed by atoms with Crippen LogP contribution >= 0.6 is 0 Å². The van der Waals surface area contributed by atoms with Crippen molar-refractivity contribution in [1.29, 1.82) is 0 Å². The van der Waals surface area contributed by atoms with E-state index in [1.165, 1.54) is 0 Å². The maximum absolute atomic E-state index is 14.4. The van der Waals surface area contributed by atoms with Crippen molar-refractivity contribution in [2.24, 2.45) is 5.41 Å². The topological polar surface area (TPSA) is 75.7 Å². The number of methoxy groups -OCH3 is 3. The molecule has 1 saturated heterocycles. The van der Waals surface area contributed by atoms with Crippen LogP contribution in [0.15, 0.2) is 60.7 Å². The van der Waals surface area contributed by atoms with Crippen LogP contribution in [0.3, 0.4) is 0 Å². The first kappa shape index (κ1) is 46.7. The van der Waals surface area contributed by atoms with Gasteiger partial charge in [0.1, 0.15) is 29.6 Å². The zero-order valence-corrected chi connectivity index (χ0v) is 42.0. The zero-order valence-electron chi connectivity index (χ0n) is 40.0. The van der Waals surface area contributed by atoms with Gasteiger partial charge in [0.25, 0.3) is 0 Å². The summed E-state index contributed by atoms with van der Waals surface area (Å²) in [5.41, 5.74) is 7.07. The Morgan fingerprint density at radius 1 is 0.754 bits per heavy atom. The molecule has 1 amide bonds. The van der Waals surface area contributed by atoms with Gasteiger partial charge in [-0.2, -0.15) is 0 Å². The smallest absolute Gasteiger partial charge is 0.229 e. The van der Waals surface area contributed by atoms with Crippen LogP contribution in [0.4, 0.5) is 0 Å². The molecule has 0 spiro atoms. The Labute approximate surface area is 368 Å². The van der Waals surface area contributed by atoms with Crippen molar-refractivity contribution in [3.8, 4) is 34.1 Å². The maximum Gasteiger partial charge on any atom is 0.229 e. The van der Waals surface area contributed by atoms with Crippen LogP contribution in [0.25, 0.3) is 21.9 Å². The van der Waals surface area contributed by atoms with Crippen molar-refractivity contribution in [3.63, 3.8) is 0 Å². The molecule has 10 heteroatoms. The van der Waals surface area contributed by atoms with Gasteiger partial charge in [-0.3, -0.25) is 4.79 Å². The summed E-state index contributed by atoms with van der Waals surface area (Å²) in [6.45, 7) is 30.8. The number of nitrogens with zero attached hydrogens (tertiary/aromatic N) is 1. The number of hydrogen-bond acceptors (Lipinski definition) is 7. The molecule has 0 radical (unpaired) electrons. The summed E-state index contributed by atoms with van der Waals surface area (Å²) in [5.74, 6) is 3.06. The Bertz CT molecular complexity index is 2190. The molecule has 0 aromatic heterocycles. The molecule has 2 aliphatic rings. The number of amides is 1. The Morgan fingerprint density at radius 3 is 1.95 bits per heavy atom. The lowest BCUT2D eigenvalue weighted by Gasteiger charge is -2.43. The van der Waals surface area contributed by atoms with Gasteiger partial charge in [-0.05, 0) is 99.5 Å². The average molecular weight is 868 g/mol. The van der Waals surface area contributed by atoms with E-state index in [-0.39, 0.29) is 23.0 Å². The highest BCUT2D eigenvalue weighted by molar-refractivity contribution is 6.77. The number of rotatable bonds is 16. The van der Waals surface area contributed by atoms with Crippen molar-refractivity contribution in [1.82, 2.24) is 4.90 Å². The van der Waals surface area contributed by atoms with Gasteiger partial charge in [0.05, 0.1) is 52.0 Å². The van der Waals surface area contributed by atoms with Crippen LogP contribution in [0, 0.1) is 5.41 Å². The molecule has 0 unspecified atom stereocenters. The quantitative estimate of drug-likeness (QED) is 0.104. The fraction of sp³-hybridized carbons (Fsp3) is 0.549. The van der Waals surface area contributed by atoms with Gasteiger partial charge < -0.3 is 32.7 Å². The highest BCUT2D eigenvalue weighted by atomic mass is 28.4. The molecule has 0 saturated carbocycles. The number of benzene rings is 4. The molecule has 332 valence electrons. The third-order valence-corrected chi connectivity index (χ3v) is 24.9. The number of ether oxygens (including phenoxy) is 4. The molecular formula is C51H73NO7Si2. The second-order valence-electron chi connectivity index (χ2n) is 20.5. The molecule has 8 nitrogen and oxygen atoms in total. The lowest BCUT2D eigenvalue weighted by Crippen LogP contribution is -2.50. The van der Waals surface area contributed by atoms with Crippen LogP contribution < -0.4 is 18.9 Å². The molecule has 0 bridgehead atoms. The van der Waals surface area contributed by atoms with Crippen LogP contribution in [0.2, 0.25) is 34.8 Å². The van der Waals surface area contributed by atoms with E-state index in [2.05, 4.69) is 131 Å². The molecule has 4 aromatic carbocycles. The highest BCUT2D eigenvalue weighted by Crippen LogP contribution is 2.56. The summed E-state index contributed by atoms with van der Waals surface area (Å²) in [6.07, 6.45) is 1.26. The molecule has 6 rings (SSSR count). The van der Waals surface area contributed by atoms with Crippen molar-refractivity contribution in [3.05, 3.63) is 82.9 Å². The Morgan fingerprint density at radius 2 is 1.38 bits per heavy atom. The van der Waals surface area contributed by atoms with Crippen molar-refractivity contribution in [2.45, 2.75) is 149 Å². The van der Waals surface area contributed by atoms with Gasteiger partial charge in [-0.15, -0.1) is 0 Å². The first-order valence-corrected chi connectivity index (χ1v) is 27.4. The highest BCUT2D eigenvalue weighted by Gasteiger charge is 2.53. The summed E-state index contributed by atoms with van der Waals surface area (Å²) >= 11 is 0. The molecule has 0 N–H and O–H groups in total. The van der Waals surface area contributed by atoms with Gasteiger partial charge in [0, 0.05) is 22.6 Å². The van der Waals surface area contributed by atoms with E-state index < -0.39 is 22.0 Å². The first-order chi connectivity index (χ1) is 28.6. The average Bonchev–Trinajstić information content (AvgIpc) is 3.45. The molecule has 2 heterocycles. The van der Waals surface area contributed by atoms with E-state index >= 15 is 0 Å². The Kier molecular flexibility index (Phi) is 13.6. The van der Waals surface area contributed by atoms with E-state index in [0.29, 0.717) is 55.0 Å². The number of carbonyl (C=O) groups is 1. The van der Waals surface area contributed by atoms with E-state index in [4.69, 9.17) is 27.8 Å². The first-order valence-electron chi connectivity index (χ1n) is 22.3. The van der Waals surface area contributed by atoms with Crippen molar-refractivity contribution in [2.75, 3.05) is 27.9 Å². The number of fused-ring (bicyclic) bond motifs is 4. The molecule has 4 aromatic rings. The van der Waals surface area contributed by atoms with E-state index in [0.717, 1.165) is 61.4 Å². The fourth-order valence-electron chi connectivity index (χ4n) is 10.2. The lowest BCUT2D eigenvalue weighted by atomic mass is 9.80. The predicted octanol–water partition coefficient (Wildman–Crippen LogP) is 13.0. The van der Waals surface area contributed by atoms with Gasteiger partial charge in [0.2, 0.25) is 14.2 Å². The maximum atomic E-state index is 14.4. The van der Waals surface area contributed by atoms with Gasteiger partial charge in [-0.25, -0.2) is 0 Å². The van der Waals surface area contributed by atoms with E-state index in [9.17, 15) is 4.79 Å². The minimum Gasteiger partial charge on any atom is -0.496 e. The molecule has 1 fully saturated rings. The van der Waals surface area contributed by atoms with Crippen molar-refractivity contribution >= 4 is 33.3 Å². The molecule has 61 heavy (non-hydrogen) atoms. The number of hydrogen-bond donors (Lipinski definition) is 0. The van der Waals surface area contributed by atoms with Crippen molar-refractivity contribution < 1.29 is 32.6 Å². The summed E-state index contributed by atoms with van der Waals surface area (Å²) < 4.78 is 39.7. The summed E-state index contributed by atoms with van der Waals surface area (Å²) in [5, 5.41) is 1.90. The molecular weight excluding hydrogens is 795 g/mol. The largest absolute Gasteiger partial charge is 0.496 e. The fourth-order valence-corrected chi connectivity index (χ4v) is 16.7. The Hall–Kier alpha value is -3.84. The normalized spacial score (nSPS) is 18.0. The van der Waals surface area contributed by atoms with Gasteiger partial charge >= 0.3 is 0 Å². The van der Waals surface area contributed by atoms with Crippen LogP contribution in [0.1, 0.15) is 111 Å². The van der Waals surface area contributed by atoms with E-state index in [1.807, 2.05) is 24.3 Å². The van der Waals surface area contributed by atoms with Crippen LogP contribution in [-0.4, -0.2) is 61.4 Å². The van der Waals surface area contributed by atoms with Crippen LogP contribution in [-0.2, 0) is 33.3 Å². The molecule has 2 aliphatic heterocycles. The van der Waals surface area contributed by atoms with E-state index in [1.54, 1.807) is 21.3 Å². The zero-order chi connectivity index (χ0) is 44.8. The molecule has 2 atom stereocenters. The SMILES string of the molecule is COc1cc(OC)c2c(c1-c1ccc(OCc3ccccc3)c3c(OC)cc(CO[Si](C(C)C)(C(C)C)C(C)C)cc13)C[C@@H](CO[Si](C)(C)C(C)(C)C)N1C(=O)C(C)(C)C[C@@H]21. The standard InChI is InChI=1S/C51H73NO7Si2/c1-32(2)61(33(3)4,34(5)6)59-30-36-24-39-38(22-23-42(48(39)43(25-36)54-12)57-29-35-20-18-17-19-21-35)46-40-26-37(31-58-60(15,16)50(7,8)9)52-41(28-51(10,11)49(52)53)47(40)45(56-14)27-44(46)55-13/h17-25,27,32-34,37,41H,26,28-31H2,1-16H3/t37-,41-/m0/s1. The monoisotopic (exact) mass is 867 g/mol. The lowest BCUT2D eigenvalue weighted by molar-refractivity contribution is -0.138. The molecule has 0 aliphatic carbocycles. The second-order valence-corrected chi connectivity index (χ2v) is 30.8.